The number of nitrogens with zero attached hydrogens (tertiary/aromatic N) is 1. The van der Waals surface area contributed by atoms with Gasteiger partial charge in [0.25, 0.3) is 0 Å². The number of carbonyl (C=O) groups is 1. The van der Waals surface area contributed by atoms with Gasteiger partial charge >= 0.3 is 0 Å². The first-order valence-electron chi connectivity index (χ1n) is 5.94. The van der Waals surface area contributed by atoms with E-state index in [0.29, 0.717) is 6.42 Å². The van der Waals surface area contributed by atoms with Crippen LogP contribution in [0.2, 0.25) is 0 Å². The summed E-state index contributed by atoms with van der Waals surface area (Å²) in [6.45, 7) is 1.70. The van der Waals surface area contributed by atoms with Gasteiger partial charge in [-0.2, -0.15) is 0 Å². The lowest BCUT2D eigenvalue weighted by molar-refractivity contribution is -0.129. The molecular weight excluding hydrogens is 236 g/mol. The smallest absolute Gasteiger partial charge is 0.240 e. The Morgan fingerprint density at radius 2 is 1.88 bits per heavy atom. The maximum absolute atomic E-state index is 12.0. The van der Waals surface area contributed by atoms with Crippen molar-refractivity contribution in [3.8, 4) is 0 Å². The van der Waals surface area contributed by atoms with Gasteiger partial charge in [0.1, 0.15) is 5.38 Å². The molecule has 0 radical (unpaired) electrons. The third-order valence-electron chi connectivity index (χ3n) is 3.08. The van der Waals surface area contributed by atoms with Crippen molar-refractivity contribution in [3.05, 3.63) is 29.8 Å². The van der Waals surface area contributed by atoms with E-state index in [4.69, 9.17) is 17.3 Å². The van der Waals surface area contributed by atoms with Gasteiger partial charge in [-0.05, 0) is 37.0 Å². The van der Waals surface area contributed by atoms with Crippen molar-refractivity contribution in [1.82, 2.24) is 4.90 Å². The van der Waals surface area contributed by atoms with Crippen molar-refractivity contribution in [3.63, 3.8) is 0 Å². The first-order chi connectivity index (χ1) is 8.16. The molecule has 17 heavy (non-hydrogen) atoms. The van der Waals surface area contributed by atoms with Crippen LogP contribution in [0.25, 0.3) is 0 Å². The number of likely N-dealkylation sites (tertiary alicyclic amines) is 1. The number of amides is 1. The second-order valence-electron chi connectivity index (χ2n) is 4.45. The van der Waals surface area contributed by atoms with Gasteiger partial charge in [0.15, 0.2) is 0 Å². The molecule has 4 heteroatoms. The third-order valence-corrected chi connectivity index (χ3v) is 3.42. The van der Waals surface area contributed by atoms with Crippen LogP contribution in [0.3, 0.4) is 0 Å². The van der Waals surface area contributed by atoms with Crippen molar-refractivity contribution in [2.75, 3.05) is 18.8 Å². The van der Waals surface area contributed by atoms with Crippen molar-refractivity contribution in [2.45, 2.75) is 24.6 Å². The van der Waals surface area contributed by atoms with Crippen LogP contribution in [-0.2, 0) is 11.2 Å². The topological polar surface area (TPSA) is 46.3 Å². The fraction of sp³-hybridized carbons (Fsp3) is 0.462. The Bertz CT molecular complexity index is 385. The molecular formula is C13H17ClN2O. The van der Waals surface area contributed by atoms with E-state index in [2.05, 4.69) is 0 Å². The molecule has 3 nitrogen and oxygen atoms in total. The average Bonchev–Trinajstić information content (AvgIpc) is 2.84. The summed E-state index contributed by atoms with van der Waals surface area (Å²) >= 11 is 6.16. The molecule has 0 saturated carbocycles. The predicted molar refractivity (Wildman–Crippen MR) is 70.0 cm³/mol. The van der Waals surface area contributed by atoms with E-state index >= 15 is 0 Å². The molecule has 1 aromatic carbocycles. The van der Waals surface area contributed by atoms with Gasteiger partial charge in [0.05, 0.1) is 0 Å². The largest absolute Gasteiger partial charge is 0.399 e. The fourth-order valence-electron chi connectivity index (χ4n) is 2.08. The van der Waals surface area contributed by atoms with E-state index in [1.807, 2.05) is 29.2 Å². The highest BCUT2D eigenvalue weighted by Crippen LogP contribution is 2.16. The van der Waals surface area contributed by atoms with E-state index in [9.17, 15) is 4.79 Å². The summed E-state index contributed by atoms with van der Waals surface area (Å²) in [7, 11) is 0. The van der Waals surface area contributed by atoms with Crippen molar-refractivity contribution in [2.24, 2.45) is 0 Å². The minimum Gasteiger partial charge on any atom is -0.399 e. The molecule has 1 aliphatic rings. The molecule has 1 heterocycles. The van der Waals surface area contributed by atoms with E-state index < -0.39 is 5.38 Å². The van der Waals surface area contributed by atoms with Crippen LogP contribution in [0.4, 0.5) is 5.69 Å². The quantitative estimate of drug-likeness (QED) is 0.661. The number of nitrogens with two attached hydrogens (primary N) is 1. The minimum absolute atomic E-state index is 0.0565. The average molecular weight is 253 g/mol. The van der Waals surface area contributed by atoms with Gasteiger partial charge in [0.2, 0.25) is 5.91 Å². The highest BCUT2D eigenvalue weighted by Gasteiger charge is 2.24. The maximum atomic E-state index is 12.0. The molecule has 1 amide bonds. The second kappa shape index (κ2) is 5.41. The number of hydrogen-bond acceptors (Lipinski definition) is 2. The van der Waals surface area contributed by atoms with E-state index in [-0.39, 0.29) is 5.91 Å². The van der Waals surface area contributed by atoms with Crippen LogP contribution < -0.4 is 5.73 Å². The van der Waals surface area contributed by atoms with Crippen LogP contribution in [0.15, 0.2) is 24.3 Å². The summed E-state index contributed by atoms with van der Waals surface area (Å²) in [6, 6.07) is 7.50. The Balaban J connectivity index is 1.93. The SMILES string of the molecule is Nc1ccc(CC(Cl)C(=O)N2CCCC2)cc1. The van der Waals surface area contributed by atoms with Crippen molar-refractivity contribution < 1.29 is 4.79 Å². The zero-order valence-electron chi connectivity index (χ0n) is 9.73. The van der Waals surface area contributed by atoms with Gasteiger partial charge in [-0.15, -0.1) is 11.6 Å². The fourth-order valence-corrected chi connectivity index (χ4v) is 2.40. The lowest BCUT2D eigenvalue weighted by atomic mass is 10.1. The Labute approximate surface area is 107 Å². The number of benzene rings is 1. The van der Waals surface area contributed by atoms with E-state index in [1.165, 1.54) is 0 Å². The normalized spacial score (nSPS) is 17.1. The Morgan fingerprint density at radius 1 is 1.29 bits per heavy atom. The lowest BCUT2D eigenvalue weighted by Crippen LogP contribution is -2.35. The summed E-state index contributed by atoms with van der Waals surface area (Å²) in [4.78, 5) is 13.8. The second-order valence-corrected chi connectivity index (χ2v) is 4.97. The molecule has 0 bridgehead atoms. The number of hydrogen-bond donors (Lipinski definition) is 1. The van der Waals surface area contributed by atoms with Gasteiger partial charge in [-0.3, -0.25) is 4.79 Å². The highest BCUT2D eigenvalue weighted by atomic mass is 35.5. The maximum Gasteiger partial charge on any atom is 0.240 e. The molecule has 1 aliphatic heterocycles. The van der Waals surface area contributed by atoms with E-state index in [0.717, 1.165) is 37.2 Å². The first-order valence-corrected chi connectivity index (χ1v) is 6.38. The number of carbonyl (C=O) groups excluding carboxylic acids is 1. The van der Waals surface area contributed by atoms with Crippen LogP contribution in [0, 0.1) is 0 Å². The molecule has 2 N–H and O–H groups in total. The molecule has 1 aromatic rings. The zero-order valence-corrected chi connectivity index (χ0v) is 10.5. The Morgan fingerprint density at radius 3 is 2.47 bits per heavy atom. The first kappa shape index (κ1) is 12.2. The van der Waals surface area contributed by atoms with Crippen LogP contribution in [0.5, 0.6) is 0 Å². The van der Waals surface area contributed by atoms with Crippen LogP contribution in [0.1, 0.15) is 18.4 Å². The van der Waals surface area contributed by atoms with Crippen molar-refractivity contribution >= 4 is 23.2 Å². The monoisotopic (exact) mass is 252 g/mol. The molecule has 1 unspecified atom stereocenters. The van der Waals surface area contributed by atoms with Gasteiger partial charge in [0, 0.05) is 18.8 Å². The number of halogens is 1. The number of anilines is 1. The van der Waals surface area contributed by atoms with Gasteiger partial charge in [-0.1, -0.05) is 12.1 Å². The standard InChI is InChI=1S/C13H17ClN2O/c14-12(13(17)16-7-1-2-8-16)9-10-3-5-11(15)6-4-10/h3-6,12H,1-2,7-9,15H2. The zero-order chi connectivity index (χ0) is 12.3. The molecule has 1 atom stereocenters. The summed E-state index contributed by atoms with van der Waals surface area (Å²) < 4.78 is 0. The lowest BCUT2D eigenvalue weighted by Gasteiger charge is -2.18. The molecule has 0 aromatic heterocycles. The van der Waals surface area contributed by atoms with E-state index in [1.54, 1.807) is 0 Å². The molecule has 0 aliphatic carbocycles. The highest BCUT2D eigenvalue weighted by molar-refractivity contribution is 6.30. The molecule has 0 spiro atoms. The summed E-state index contributed by atoms with van der Waals surface area (Å²) in [6.07, 6.45) is 2.76. The summed E-state index contributed by atoms with van der Waals surface area (Å²) in [5, 5.41) is -0.461. The number of nitrogen functional groups attached to an aromatic ring is 1. The van der Waals surface area contributed by atoms with Gasteiger partial charge in [-0.25, -0.2) is 0 Å². The third kappa shape index (κ3) is 3.13. The Kier molecular flexibility index (Phi) is 3.89. The van der Waals surface area contributed by atoms with Crippen molar-refractivity contribution in [1.29, 1.82) is 0 Å². The number of alkyl halides is 1. The molecule has 1 fully saturated rings. The molecule has 1 saturated heterocycles. The van der Waals surface area contributed by atoms with Gasteiger partial charge < -0.3 is 10.6 Å². The minimum atomic E-state index is -0.461. The summed E-state index contributed by atoms with van der Waals surface area (Å²) in [5.41, 5.74) is 7.38. The summed E-state index contributed by atoms with van der Waals surface area (Å²) in [5.74, 6) is 0.0565. The Hall–Kier alpha value is -1.22. The molecule has 2 rings (SSSR count). The predicted octanol–water partition coefficient (Wildman–Crippen LogP) is 2.04. The number of rotatable bonds is 3. The molecule has 92 valence electrons. The van der Waals surface area contributed by atoms with Crippen LogP contribution in [-0.4, -0.2) is 29.3 Å². The van der Waals surface area contributed by atoms with Crippen LogP contribution >= 0.6 is 11.6 Å².